The average molecular weight is 338 g/mol. The maximum atomic E-state index is 6.13. The summed E-state index contributed by atoms with van der Waals surface area (Å²) in [4.78, 5) is 9.82. The van der Waals surface area contributed by atoms with Crippen molar-refractivity contribution in [2.24, 2.45) is 0 Å². The van der Waals surface area contributed by atoms with Gasteiger partial charge in [-0.15, -0.1) is 0 Å². The van der Waals surface area contributed by atoms with Crippen LogP contribution >= 0.6 is 11.6 Å². The summed E-state index contributed by atoms with van der Waals surface area (Å²) >= 11 is 6.13. The van der Waals surface area contributed by atoms with Gasteiger partial charge in [0, 0.05) is 26.1 Å². The number of rotatable bonds is 5. The maximum Gasteiger partial charge on any atom is 0.223 e. The fraction of sp³-hybridized carbons (Fsp3) is 0.333. The minimum absolute atomic E-state index is 0.0503. The Morgan fingerprint density at radius 3 is 2.09 bits per heavy atom. The molecule has 124 valence electrons. The lowest BCUT2D eigenvalue weighted by atomic mass is 10.0. The van der Waals surface area contributed by atoms with E-state index in [-0.39, 0.29) is 16.9 Å². The molecule has 0 spiro atoms. The van der Waals surface area contributed by atoms with E-state index in [0.29, 0.717) is 23.5 Å². The first-order valence-corrected chi connectivity index (χ1v) is 7.24. The van der Waals surface area contributed by atoms with Crippen LogP contribution in [0.4, 0.5) is 17.5 Å². The Balaban J connectivity index is 2.49. The van der Waals surface area contributed by atoms with E-state index in [1.807, 2.05) is 31.1 Å². The smallest absolute Gasteiger partial charge is 0.223 e. The Kier molecular flexibility index (Phi) is 5.00. The second-order valence-corrected chi connectivity index (χ2v) is 5.51. The van der Waals surface area contributed by atoms with Crippen LogP contribution < -0.4 is 25.8 Å². The van der Waals surface area contributed by atoms with E-state index in [0.717, 1.165) is 11.3 Å². The van der Waals surface area contributed by atoms with Gasteiger partial charge in [-0.3, -0.25) is 0 Å². The van der Waals surface area contributed by atoms with Crippen molar-refractivity contribution < 1.29 is 9.47 Å². The fourth-order valence-electron chi connectivity index (χ4n) is 2.35. The van der Waals surface area contributed by atoms with Gasteiger partial charge >= 0.3 is 0 Å². The number of benzene rings is 1. The summed E-state index contributed by atoms with van der Waals surface area (Å²) in [6.07, 6.45) is 0.436. The van der Waals surface area contributed by atoms with Crippen LogP contribution in [0.1, 0.15) is 11.1 Å². The number of methoxy groups -OCH3 is 2. The molecular formula is C15H20ClN5O2. The highest BCUT2D eigenvalue weighted by atomic mass is 35.5. The molecule has 2 aromatic rings. The minimum atomic E-state index is 0.0503. The molecule has 0 saturated heterocycles. The van der Waals surface area contributed by atoms with Gasteiger partial charge < -0.3 is 25.8 Å². The molecule has 7 nitrogen and oxygen atoms in total. The molecule has 4 N–H and O–H groups in total. The van der Waals surface area contributed by atoms with E-state index >= 15 is 0 Å². The van der Waals surface area contributed by atoms with Crippen molar-refractivity contribution in [2.45, 2.75) is 6.42 Å². The van der Waals surface area contributed by atoms with E-state index in [1.54, 1.807) is 14.2 Å². The summed E-state index contributed by atoms with van der Waals surface area (Å²) in [5, 5.41) is 0.240. The third-order valence-corrected chi connectivity index (χ3v) is 3.69. The Hall–Kier alpha value is -2.41. The maximum absolute atomic E-state index is 6.13. The molecule has 0 aliphatic heterocycles. The fourth-order valence-corrected chi connectivity index (χ4v) is 2.60. The first-order valence-electron chi connectivity index (χ1n) is 6.87. The number of halogens is 1. The molecule has 8 heteroatoms. The van der Waals surface area contributed by atoms with Crippen molar-refractivity contribution >= 4 is 29.1 Å². The lowest BCUT2D eigenvalue weighted by Crippen LogP contribution is -2.12. The first-order chi connectivity index (χ1) is 10.9. The molecule has 0 amide bonds. The molecular weight excluding hydrogens is 318 g/mol. The largest absolute Gasteiger partial charge is 0.494 e. The number of nitrogens with two attached hydrogens (primary N) is 2. The second kappa shape index (κ2) is 6.78. The predicted octanol–water partition coefficient (Wildman–Crippen LogP) is 1.97. The molecule has 0 bridgehead atoms. The first kappa shape index (κ1) is 17.0. The third kappa shape index (κ3) is 3.50. The van der Waals surface area contributed by atoms with Gasteiger partial charge in [0.1, 0.15) is 28.2 Å². The molecule has 23 heavy (non-hydrogen) atoms. The van der Waals surface area contributed by atoms with Gasteiger partial charge in [-0.05, 0) is 17.7 Å². The molecule has 1 heterocycles. The normalized spacial score (nSPS) is 10.5. The van der Waals surface area contributed by atoms with E-state index in [4.69, 9.17) is 32.5 Å². The predicted molar refractivity (Wildman–Crippen MR) is 92.5 cm³/mol. The van der Waals surface area contributed by atoms with Crippen molar-refractivity contribution in [3.63, 3.8) is 0 Å². The lowest BCUT2D eigenvalue weighted by molar-refractivity contribution is 0.395. The zero-order valence-electron chi connectivity index (χ0n) is 13.6. The van der Waals surface area contributed by atoms with Gasteiger partial charge in [0.05, 0.1) is 14.2 Å². The number of nitrogen functional groups attached to an aromatic ring is 2. The van der Waals surface area contributed by atoms with Crippen LogP contribution in [-0.4, -0.2) is 38.3 Å². The number of anilines is 3. The Morgan fingerprint density at radius 1 is 1.09 bits per heavy atom. The lowest BCUT2D eigenvalue weighted by Gasteiger charge is -2.21. The minimum Gasteiger partial charge on any atom is -0.494 e. The number of nitrogens with zero attached hydrogens (tertiary/aromatic N) is 3. The van der Waals surface area contributed by atoms with Gasteiger partial charge in [0.25, 0.3) is 0 Å². The molecule has 1 aromatic heterocycles. The summed E-state index contributed by atoms with van der Waals surface area (Å²) in [5.74, 6) is 1.69. The van der Waals surface area contributed by atoms with E-state index in [9.17, 15) is 0 Å². The molecule has 1 aromatic carbocycles. The molecule has 0 unspecified atom stereocenters. The van der Waals surface area contributed by atoms with Crippen LogP contribution in [0.3, 0.4) is 0 Å². The molecule has 0 saturated carbocycles. The van der Waals surface area contributed by atoms with Gasteiger partial charge in [0.15, 0.2) is 0 Å². The van der Waals surface area contributed by atoms with Gasteiger partial charge in [-0.2, -0.15) is 4.98 Å². The third-order valence-electron chi connectivity index (χ3n) is 3.37. The van der Waals surface area contributed by atoms with Crippen LogP contribution in [0.5, 0.6) is 11.5 Å². The quantitative estimate of drug-likeness (QED) is 0.804. The van der Waals surface area contributed by atoms with Crippen molar-refractivity contribution in [3.8, 4) is 11.5 Å². The molecule has 0 fully saturated rings. The summed E-state index contributed by atoms with van der Waals surface area (Å²) in [5.41, 5.74) is 13.8. The Bertz CT molecular complexity index is 673. The highest BCUT2D eigenvalue weighted by molar-refractivity contribution is 6.30. The number of ether oxygens (including phenoxy) is 2. The highest BCUT2D eigenvalue weighted by Crippen LogP contribution is 2.39. The average Bonchev–Trinajstić information content (AvgIpc) is 2.49. The van der Waals surface area contributed by atoms with Crippen LogP contribution in [-0.2, 0) is 6.42 Å². The molecule has 2 rings (SSSR count). The monoisotopic (exact) mass is 337 g/mol. The van der Waals surface area contributed by atoms with Crippen LogP contribution in [0.2, 0.25) is 5.15 Å². The molecule has 0 aliphatic rings. The van der Waals surface area contributed by atoms with Crippen LogP contribution in [0.25, 0.3) is 0 Å². The van der Waals surface area contributed by atoms with Crippen molar-refractivity contribution in [1.29, 1.82) is 0 Å². The van der Waals surface area contributed by atoms with Crippen molar-refractivity contribution in [3.05, 3.63) is 28.4 Å². The number of hydrogen-bond acceptors (Lipinski definition) is 7. The summed E-state index contributed by atoms with van der Waals surface area (Å²) in [6, 6.07) is 3.81. The Morgan fingerprint density at radius 2 is 1.65 bits per heavy atom. The zero-order valence-corrected chi connectivity index (χ0v) is 14.3. The SMILES string of the molecule is COc1cc(Cc2c(N)nc(N)nc2Cl)cc(OC)c1N(C)C. The van der Waals surface area contributed by atoms with Gasteiger partial charge in [-0.1, -0.05) is 11.6 Å². The highest BCUT2D eigenvalue weighted by Gasteiger charge is 2.17. The van der Waals surface area contributed by atoms with Gasteiger partial charge in [-0.25, -0.2) is 4.98 Å². The number of hydrogen-bond donors (Lipinski definition) is 2. The van der Waals surface area contributed by atoms with E-state index < -0.39 is 0 Å². The van der Waals surface area contributed by atoms with Crippen molar-refractivity contribution in [1.82, 2.24) is 9.97 Å². The molecule has 0 atom stereocenters. The second-order valence-electron chi connectivity index (χ2n) is 5.16. The summed E-state index contributed by atoms with van der Waals surface area (Å²) in [7, 11) is 7.06. The van der Waals surface area contributed by atoms with Crippen LogP contribution in [0.15, 0.2) is 12.1 Å². The topological polar surface area (TPSA) is 99.5 Å². The summed E-state index contributed by atoms with van der Waals surface area (Å²) < 4.78 is 10.9. The van der Waals surface area contributed by atoms with Crippen LogP contribution in [0, 0.1) is 0 Å². The van der Waals surface area contributed by atoms with Crippen molar-refractivity contribution in [2.75, 3.05) is 44.7 Å². The van der Waals surface area contributed by atoms with Gasteiger partial charge in [0.2, 0.25) is 5.95 Å². The molecule has 0 aliphatic carbocycles. The number of aromatic nitrogens is 2. The standard InChI is InChI=1S/C15H20ClN5O2/c1-21(2)12-10(22-3)6-8(7-11(12)23-4)5-9-13(16)19-15(18)20-14(9)17/h6-7H,5H2,1-4H3,(H4,17,18,19,20). The summed E-state index contributed by atoms with van der Waals surface area (Å²) in [6.45, 7) is 0. The Labute approximate surface area is 140 Å². The molecule has 0 radical (unpaired) electrons. The zero-order chi connectivity index (χ0) is 17.1. The van der Waals surface area contributed by atoms with E-state index in [2.05, 4.69) is 9.97 Å². The van der Waals surface area contributed by atoms with E-state index in [1.165, 1.54) is 0 Å².